The molecule has 0 atom stereocenters. The molecule has 0 aliphatic carbocycles. The minimum Gasteiger partial charge on any atom is -0.481 e. The maximum Gasteiger partial charge on any atom is 0.303 e. The summed E-state index contributed by atoms with van der Waals surface area (Å²) in [6, 6.07) is 10.2. The second kappa shape index (κ2) is 5.99. The summed E-state index contributed by atoms with van der Waals surface area (Å²) >= 11 is 7.11. The molecule has 0 aliphatic heterocycles. The summed E-state index contributed by atoms with van der Waals surface area (Å²) < 4.78 is 0. The molecule has 1 heterocycles. The molecule has 1 aromatic heterocycles. The number of carbonyl (C=O) groups excluding carboxylic acids is 1. The standard InChI is InChI=1S/C14H11ClO3S/c15-10-3-1-9(2-4-10)14(18)12-7-5-11(19-12)6-8-13(16)17/h1-5,7H,6,8H2,(H,16,17). The van der Waals surface area contributed by atoms with Gasteiger partial charge in [-0.2, -0.15) is 0 Å². The molecule has 0 radical (unpaired) electrons. The van der Waals surface area contributed by atoms with Crippen LogP contribution < -0.4 is 0 Å². The third-order valence-corrected chi connectivity index (χ3v) is 3.97. The van der Waals surface area contributed by atoms with E-state index in [0.29, 0.717) is 21.9 Å². The Bertz CT molecular complexity index is 601. The average Bonchev–Trinajstić information content (AvgIpc) is 2.85. The molecule has 0 fully saturated rings. The van der Waals surface area contributed by atoms with Gasteiger partial charge in [0.25, 0.3) is 0 Å². The van der Waals surface area contributed by atoms with Crippen molar-refractivity contribution in [3.05, 3.63) is 56.7 Å². The van der Waals surface area contributed by atoms with Gasteiger partial charge in [0.15, 0.2) is 0 Å². The molecule has 2 aromatic rings. The Hall–Kier alpha value is -1.65. The summed E-state index contributed by atoms with van der Waals surface area (Å²) in [5.41, 5.74) is 0.580. The molecule has 2 rings (SSSR count). The lowest BCUT2D eigenvalue weighted by atomic mass is 10.1. The van der Waals surface area contributed by atoms with Gasteiger partial charge in [-0.3, -0.25) is 9.59 Å². The van der Waals surface area contributed by atoms with Crippen molar-refractivity contribution < 1.29 is 14.7 Å². The molecule has 1 N–H and O–H groups in total. The van der Waals surface area contributed by atoms with Gasteiger partial charge >= 0.3 is 5.97 Å². The average molecular weight is 295 g/mol. The number of ketones is 1. The Balaban J connectivity index is 2.11. The summed E-state index contributed by atoms with van der Waals surface area (Å²) in [5.74, 6) is -0.901. The lowest BCUT2D eigenvalue weighted by Gasteiger charge is -1.98. The highest BCUT2D eigenvalue weighted by molar-refractivity contribution is 7.14. The number of hydrogen-bond acceptors (Lipinski definition) is 3. The summed E-state index contributed by atoms with van der Waals surface area (Å²) in [4.78, 5) is 24.2. The Morgan fingerprint density at radius 1 is 1.11 bits per heavy atom. The van der Waals surface area contributed by atoms with Gasteiger partial charge in [-0.05, 0) is 42.8 Å². The van der Waals surface area contributed by atoms with Gasteiger partial charge in [0, 0.05) is 15.5 Å². The van der Waals surface area contributed by atoms with Crippen LogP contribution in [0, 0.1) is 0 Å². The largest absolute Gasteiger partial charge is 0.481 e. The molecule has 5 heteroatoms. The monoisotopic (exact) mass is 294 g/mol. The van der Waals surface area contributed by atoms with Crippen LogP contribution in [0.1, 0.15) is 26.5 Å². The number of aliphatic carboxylic acids is 1. The fourth-order valence-corrected chi connectivity index (χ4v) is 2.70. The van der Waals surface area contributed by atoms with Crippen molar-refractivity contribution in [2.75, 3.05) is 0 Å². The first-order valence-corrected chi connectivity index (χ1v) is 6.86. The minimum absolute atomic E-state index is 0.0664. The SMILES string of the molecule is O=C(O)CCc1ccc(C(=O)c2ccc(Cl)cc2)s1. The number of thiophene rings is 1. The predicted molar refractivity (Wildman–Crippen MR) is 75.2 cm³/mol. The van der Waals surface area contributed by atoms with Crippen LogP contribution in [0.5, 0.6) is 0 Å². The zero-order valence-electron chi connectivity index (χ0n) is 9.93. The van der Waals surface area contributed by atoms with Crippen molar-refractivity contribution >= 4 is 34.7 Å². The van der Waals surface area contributed by atoms with E-state index in [-0.39, 0.29) is 12.2 Å². The van der Waals surface area contributed by atoms with Gasteiger partial charge in [-0.25, -0.2) is 0 Å². The van der Waals surface area contributed by atoms with Crippen LogP contribution in [-0.4, -0.2) is 16.9 Å². The van der Waals surface area contributed by atoms with E-state index in [9.17, 15) is 9.59 Å². The molecule has 0 aliphatic rings. The van der Waals surface area contributed by atoms with Gasteiger partial charge in [-0.15, -0.1) is 11.3 Å². The van der Waals surface area contributed by atoms with E-state index in [2.05, 4.69) is 0 Å². The van der Waals surface area contributed by atoms with E-state index in [4.69, 9.17) is 16.7 Å². The number of benzene rings is 1. The summed E-state index contributed by atoms with van der Waals surface area (Å²) in [6.45, 7) is 0. The van der Waals surface area contributed by atoms with E-state index in [1.165, 1.54) is 11.3 Å². The number of halogens is 1. The number of carbonyl (C=O) groups is 2. The van der Waals surface area contributed by atoms with E-state index >= 15 is 0 Å². The minimum atomic E-state index is -0.834. The zero-order chi connectivity index (χ0) is 13.8. The molecule has 0 spiro atoms. The summed E-state index contributed by atoms with van der Waals surface area (Å²) in [5, 5.41) is 9.21. The third-order valence-electron chi connectivity index (χ3n) is 2.58. The highest BCUT2D eigenvalue weighted by atomic mass is 35.5. The molecule has 3 nitrogen and oxygen atoms in total. The first kappa shape index (κ1) is 13.8. The summed E-state index contributed by atoms with van der Waals surface area (Å²) in [7, 11) is 0. The number of rotatable bonds is 5. The quantitative estimate of drug-likeness (QED) is 0.856. The lowest BCUT2D eigenvalue weighted by Crippen LogP contribution is -1.97. The summed E-state index contributed by atoms with van der Waals surface area (Å²) in [6.07, 6.45) is 0.531. The van der Waals surface area contributed by atoms with Gasteiger partial charge in [-0.1, -0.05) is 11.6 Å². The van der Waals surface area contributed by atoms with Gasteiger partial charge in [0.2, 0.25) is 5.78 Å². The number of carboxylic acids is 1. The van der Waals surface area contributed by atoms with Gasteiger partial charge in [0.05, 0.1) is 11.3 Å². The molecule has 0 saturated carbocycles. The Morgan fingerprint density at radius 2 is 1.79 bits per heavy atom. The van der Waals surface area contributed by atoms with Crippen LogP contribution in [0.2, 0.25) is 5.02 Å². The molecule has 19 heavy (non-hydrogen) atoms. The molecule has 0 bridgehead atoms. The first-order valence-electron chi connectivity index (χ1n) is 5.67. The maximum atomic E-state index is 12.2. The van der Waals surface area contributed by atoms with E-state index in [1.807, 2.05) is 0 Å². The van der Waals surface area contributed by atoms with Gasteiger partial charge in [0.1, 0.15) is 0 Å². The van der Waals surface area contributed by atoms with Crippen LogP contribution in [0.25, 0.3) is 0 Å². The first-order chi connectivity index (χ1) is 9.06. The van der Waals surface area contributed by atoms with Crippen LogP contribution in [0.3, 0.4) is 0 Å². The van der Waals surface area contributed by atoms with Crippen LogP contribution >= 0.6 is 22.9 Å². The predicted octanol–water partition coefficient (Wildman–Crippen LogP) is 3.65. The second-order valence-electron chi connectivity index (χ2n) is 4.00. The van der Waals surface area contributed by atoms with Crippen molar-refractivity contribution in [3.63, 3.8) is 0 Å². The van der Waals surface area contributed by atoms with Crippen LogP contribution in [0.4, 0.5) is 0 Å². The molecule has 1 aromatic carbocycles. The molecule has 0 amide bonds. The van der Waals surface area contributed by atoms with Crippen molar-refractivity contribution in [2.45, 2.75) is 12.8 Å². The van der Waals surface area contributed by atoms with Gasteiger partial charge < -0.3 is 5.11 Å². The van der Waals surface area contributed by atoms with Crippen molar-refractivity contribution in [2.24, 2.45) is 0 Å². The maximum absolute atomic E-state index is 12.2. The van der Waals surface area contributed by atoms with Crippen molar-refractivity contribution in [3.8, 4) is 0 Å². The van der Waals surface area contributed by atoms with Crippen molar-refractivity contribution in [1.82, 2.24) is 0 Å². The van der Waals surface area contributed by atoms with Crippen molar-refractivity contribution in [1.29, 1.82) is 0 Å². The lowest BCUT2D eigenvalue weighted by molar-refractivity contribution is -0.136. The fraction of sp³-hybridized carbons (Fsp3) is 0.143. The fourth-order valence-electron chi connectivity index (χ4n) is 1.61. The van der Waals surface area contributed by atoms with E-state index in [1.54, 1.807) is 36.4 Å². The highest BCUT2D eigenvalue weighted by Gasteiger charge is 2.12. The molecule has 0 unspecified atom stereocenters. The normalized spacial score (nSPS) is 10.4. The molecular weight excluding hydrogens is 284 g/mol. The van der Waals surface area contributed by atoms with E-state index < -0.39 is 5.97 Å². The van der Waals surface area contributed by atoms with Crippen LogP contribution in [-0.2, 0) is 11.2 Å². The zero-order valence-corrected chi connectivity index (χ0v) is 11.5. The third kappa shape index (κ3) is 3.66. The molecule has 0 saturated heterocycles. The number of carboxylic acid groups (broad SMARTS) is 1. The highest BCUT2D eigenvalue weighted by Crippen LogP contribution is 2.22. The van der Waals surface area contributed by atoms with Crippen LogP contribution in [0.15, 0.2) is 36.4 Å². The Kier molecular flexibility index (Phi) is 4.35. The number of aryl methyl sites for hydroxylation is 1. The molecule has 98 valence electrons. The molecular formula is C14H11ClO3S. The smallest absolute Gasteiger partial charge is 0.303 e. The number of hydrogen-bond donors (Lipinski definition) is 1. The van der Waals surface area contributed by atoms with E-state index in [0.717, 1.165) is 4.88 Å². The topological polar surface area (TPSA) is 54.4 Å². The second-order valence-corrected chi connectivity index (χ2v) is 5.60. The Labute approximate surface area is 119 Å². The Morgan fingerprint density at radius 3 is 2.42 bits per heavy atom.